The monoisotopic (exact) mass is 609 g/mol. The van der Waals surface area contributed by atoms with Gasteiger partial charge in [-0.05, 0) is 67.7 Å². The number of aromatic nitrogens is 2. The summed E-state index contributed by atoms with van der Waals surface area (Å²) < 4.78 is 20.7. The number of hydrogen-bond donors (Lipinski definition) is 1. The van der Waals surface area contributed by atoms with Gasteiger partial charge in [-0.25, -0.2) is 9.78 Å². The molecule has 0 amide bonds. The molecule has 5 rings (SSSR count). The molecule has 2 aromatic carbocycles. The molecule has 0 saturated carbocycles. The molecule has 1 atom stereocenters. The van der Waals surface area contributed by atoms with Gasteiger partial charge in [-0.1, -0.05) is 55.5 Å². The summed E-state index contributed by atoms with van der Waals surface area (Å²) in [6.45, 7) is 11.0. The molecule has 1 fully saturated rings. The SMILES string of the molecule is C[Si](C)(C)CCOCn1c(/C=C/C(=O)O)cnc1CN1CCC(c2cccc3c2OC[C@@H](c2ccc(Cl)cc2)O3)CC1. The minimum absolute atomic E-state index is 0.162. The Bertz CT molecular complexity index is 1390. The number of rotatable bonds is 11. The molecule has 3 aromatic rings. The average molecular weight is 610 g/mol. The molecule has 0 bridgehead atoms. The molecule has 3 heterocycles. The summed E-state index contributed by atoms with van der Waals surface area (Å²) in [6, 6.07) is 15.0. The van der Waals surface area contributed by atoms with Crippen LogP contribution in [-0.2, 0) is 22.8 Å². The summed E-state index contributed by atoms with van der Waals surface area (Å²) in [7, 11) is -1.21. The number of benzene rings is 2. The van der Waals surface area contributed by atoms with Crippen LogP contribution in [0.25, 0.3) is 6.08 Å². The summed E-state index contributed by atoms with van der Waals surface area (Å²) in [5.74, 6) is 1.93. The maximum Gasteiger partial charge on any atom is 0.328 e. The van der Waals surface area contributed by atoms with Gasteiger partial charge in [0.15, 0.2) is 17.6 Å². The Balaban J connectivity index is 1.21. The van der Waals surface area contributed by atoms with E-state index >= 15 is 0 Å². The molecule has 2 aliphatic heterocycles. The van der Waals surface area contributed by atoms with Crippen molar-refractivity contribution in [2.45, 2.75) is 63.8 Å². The van der Waals surface area contributed by atoms with E-state index in [0.717, 1.165) is 66.6 Å². The fraction of sp³-hybridized carbons (Fsp3) is 0.438. The highest BCUT2D eigenvalue weighted by atomic mass is 35.5. The standard InChI is InChI=1S/C32H40ClN3O5Si/c1-42(2,3)18-17-39-22-36-26(11-12-31(37)38)19-34-30(36)20-35-15-13-23(14-16-35)27-5-4-6-28-32(27)40-21-29(41-28)24-7-9-25(33)10-8-24/h4-12,19,23,29H,13-18,20-22H2,1-3H3,(H,37,38)/b12-11+/t29-/m0/s1. The molecule has 10 heteroatoms. The van der Waals surface area contributed by atoms with E-state index in [1.165, 1.54) is 5.56 Å². The zero-order chi connectivity index (χ0) is 29.7. The number of fused-ring (bicyclic) bond motifs is 1. The normalized spacial score (nSPS) is 18.0. The Hall–Kier alpha value is -3.11. The predicted octanol–water partition coefficient (Wildman–Crippen LogP) is 6.84. The second kappa shape index (κ2) is 13.5. The van der Waals surface area contributed by atoms with E-state index in [4.69, 9.17) is 30.9 Å². The van der Waals surface area contributed by atoms with Crippen LogP contribution in [0.5, 0.6) is 11.5 Å². The van der Waals surface area contributed by atoms with Crippen LogP contribution in [-0.4, -0.2) is 59.9 Å². The van der Waals surface area contributed by atoms with E-state index in [1.54, 1.807) is 12.3 Å². The number of hydrogen-bond acceptors (Lipinski definition) is 6. The van der Waals surface area contributed by atoms with E-state index in [2.05, 4.69) is 41.7 Å². The molecule has 0 unspecified atom stereocenters. The first kappa shape index (κ1) is 30.3. The zero-order valence-corrected chi connectivity index (χ0v) is 26.3. The van der Waals surface area contributed by atoms with Gasteiger partial charge < -0.3 is 23.9 Å². The van der Waals surface area contributed by atoms with Gasteiger partial charge in [0, 0.05) is 31.3 Å². The molecule has 0 spiro atoms. The number of aliphatic carboxylic acids is 1. The number of para-hydroxylation sites is 1. The molecule has 1 saturated heterocycles. The summed E-state index contributed by atoms with van der Waals surface area (Å²) >= 11 is 6.06. The number of carboxylic acids is 1. The third-order valence-corrected chi connectivity index (χ3v) is 9.83. The fourth-order valence-corrected chi connectivity index (χ4v) is 6.30. The molecule has 8 nitrogen and oxygen atoms in total. The van der Waals surface area contributed by atoms with Crippen LogP contribution in [0.3, 0.4) is 0 Å². The molecule has 0 aliphatic carbocycles. The minimum Gasteiger partial charge on any atom is -0.485 e. The Morgan fingerprint density at radius 2 is 1.93 bits per heavy atom. The Morgan fingerprint density at radius 1 is 1.17 bits per heavy atom. The Labute approximate surface area is 253 Å². The maximum atomic E-state index is 11.1. The Kier molecular flexibility index (Phi) is 9.73. The van der Waals surface area contributed by atoms with Gasteiger partial charge in [-0.3, -0.25) is 4.90 Å². The van der Waals surface area contributed by atoms with Crippen molar-refractivity contribution in [3.63, 3.8) is 0 Å². The summed E-state index contributed by atoms with van der Waals surface area (Å²) in [4.78, 5) is 18.2. The van der Waals surface area contributed by atoms with Gasteiger partial charge in [0.1, 0.15) is 19.2 Å². The van der Waals surface area contributed by atoms with Crippen molar-refractivity contribution in [1.29, 1.82) is 0 Å². The predicted molar refractivity (Wildman–Crippen MR) is 167 cm³/mol. The molecule has 1 aromatic heterocycles. The van der Waals surface area contributed by atoms with Crippen molar-refractivity contribution < 1.29 is 24.1 Å². The van der Waals surface area contributed by atoms with E-state index in [-0.39, 0.29) is 6.10 Å². The summed E-state index contributed by atoms with van der Waals surface area (Å²) in [5.41, 5.74) is 2.99. The quantitative estimate of drug-likeness (QED) is 0.145. The van der Waals surface area contributed by atoms with Crippen molar-refractivity contribution in [1.82, 2.24) is 14.5 Å². The van der Waals surface area contributed by atoms with Crippen molar-refractivity contribution in [3.8, 4) is 11.5 Å². The number of piperidine rings is 1. The third kappa shape index (κ3) is 7.83. The van der Waals surface area contributed by atoms with Gasteiger partial charge in [0.25, 0.3) is 0 Å². The van der Waals surface area contributed by atoms with Crippen LogP contribution >= 0.6 is 11.6 Å². The smallest absolute Gasteiger partial charge is 0.328 e. The van der Waals surface area contributed by atoms with Gasteiger partial charge in [0.05, 0.1) is 18.4 Å². The number of likely N-dealkylation sites (tertiary alicyclic amines) is 1. The first-order valence-electron chi connectivity index (χ1n) is 14.6. The first-order chi connectivity index (χ1) is 20.2. The summed E-state index contributed by atoms with van der Waals surface area (Å²) in [5, 5.41) is 9.84. The minimum atomic E-state index is -1.21. The fourth-order valence-electron chi connectivity index (χ4n) is 5.42. The lowest BCUT2D eigenvalue weighted by Crippen LogP contribution is -2.34. The van der Waals surface area contributed by atoms with Crippen LogP contribution in [0.15, 0.2) is 54.7 Å². The van der Waals surface area contributed by atoms with E-state index in [0.29, 0.717) is 37.4 Å². The van der Waals surface area contributed by atoms with Crippen molar-refractivity contribution in [2.24, 2.45) is 0 Å². The number of carbonyl (C=O) groups is 1. The van der Waals surface area contributed by atoms with Crippen molar-refractivity contribution in [3.05, 3.63) is 82.4 Å². The number of imidazole rings is 1. The number of ether oxygens (including phenoxy) is 3. The van der Waals surface area contributed by atoms with Gasteiger partial charge in [-0.2, -0.15) is 0 Å². The lowest BCUT2D eigenvalue weighted by molar-refractivity contribution is -0.131. The van der Waals surface area contributed by atoms with Crippen LogP contribution in [0.4, 0.5) is 0 Å². The number of carboxylic acid groups (broad SMARTS) is 1. The molecule has 42 heavy (non-hydrogen) atoms. The van der Waals surface area contributed by atoms with Crippen LogP contribution in [0.1, 0.15) is 47.5 Å². The Morgan fingerprint density at radius 3 is 2.64 bits per heavy atom. The maximum absolute atomic E-state index is 11.1. The lowest BCUT2D eigenvalue weighted by Gasteiger charge is -2.34. The zero-order valence-electron chi connectivity index (χ0n) is 24.6. The average Bonchev–Trinajstić information content (AvgIpc) is 3.34. The largest absolute Gasteiger partial charge is 0.485 e. The van der Waals surface area contributed by atoms with Crippen LogP contribution < -0.4 is 9.47 Å². The third-order valence-electron chi connectivity index (χ3n) is 7.87. The molecular formula is C32H40ClN3O5Si. The number of nitrogens with zero attached hydrogens (tertiary/aromatic N) is 3. The van der Waals surface area contributed by atoms with E-state index in [9.17, 15) is 4.79 Å². The first-order valence-corrected chi connectivity index (χ1v) is 18.7. The molecule has 1 N–H and O–H groups in total. The molecule has 2 aliphatic rings. The molecule has 224 valence electrons. The second-order valence-corrected chi connectivity index (χ2v) is 18.3. The lowest BCUT2D eigenvalue weighted by atomic mass is 9.88. The molecular weight excluding hydrogens is 570 g/mol. The van der Waals surface area contributed by atoms with Crippen LogP contribution in [0.2, 0.25) is 30.7 Å². The topological polar surface area (TPSA) is 86.0 Å². The molecule has 0 radical (unpaired) electrons. The van der Waals surface area contributed by atoms with Gasteiger partial charge in [0.2, 0.25) is 0 Å². The van der Waals surface area contributed by atoms with E-state index in [1.807, 2.05) is 34.9 Å². The number of halogens is 1. The van der Waals surface area contributed by atoms with Crippen LogP contribution in [0, 0.1) is 0 Å². The van der Waals surface area contributed by atoms with Gasteiger partial charge >= 0.3 is 5.97 Å². The second-order valence-electron chi connectivity index (χ2n) is 12.2. The highest BCUT2D eigenvalue weighted by Gasteiger charge is 2.30. The highest BCUT2D eigenvalue weighted by Crippen LogP contribution is 2.44. The summed E-state index contributed by atoms with van der Waals surface area (Å²) in [6.07, 6.45) is 6.30. The van der Waals surface area contributed by atoms with Gasteiger partial charge in [-0.15, -0.1) is 0 Å². The van der Waals surface area contributed by atoms with Crippen molar-refractivity contribution >= 4 is 31.7 Å². The van der Waals surface area contributed by atoms with E-state index < -0.39 is 14.0 Å². The van der Waals surface area contributed by atoms with Crippen molar-refractivity contribution in [2.75, 3.05) is 26.3 Å². The highest BCUT2D eigenvalue weighted by molar-refractivity contribution is 6.76.